The third kappa shape index (κ3) is 1.82. The molecule has 0 heterocycles. The van der Waals surface area contributed by atoms with Crippen molar-refractivity contribution in [1.82, 2.24) is 0 Å². The van der Waals surface area contributed by atoms with Crippen LogP contribution >= 0.6 is 0 Å². The summed E-state index contributed by atoms with van der Waals surface area (Å²) in [6, 6.07) is -1.42. The summed E-state index contributed by atoms with van der Waals surface area (Å²) < 4.78 is 0. The van der Waals surface area contributed by atoms with E-state index in [0.717, 1.165) is 0 Å². The topological polar surface area (TPSA) is 135 Å². The fraction of sp³-hybridized carbons (Fsp3) is 1.00. The summed E-state index contributed by atoms with van der Waals surface area (Å²) in [7, 11) is 0. The van der Waals surface area contributed by atoms with Gasteiger partial charge in [0.1, 0.15) is 0 Å². The van der Waals surface area contributed by atoms with Gasteiger partial charge in [0.25, 0.3) is 0 Å². The molecule has 0 unspecified atom stereocenters. The lowest BCUT2D eigenvalue weighted by Gasteiger charge is -2.17. The highest BCUT2D eigenvalue weighted by molar-refractivity contribution is 5.04. The Kier molecular flexibility index (Phi) is 3.68. The van der Waals surface area contributed by atoms with Gasteiger partial charge in [0.15, 0.2) is 0 Å². The van der Waals surface area contributed by atoms with Gasteiger partial charge in [-0.3, -0.25) is 0 Å². The molecule has 0 amide bonds. The predicted molar refractivity (Wildman–Crippen MR) is 48.1 cm³/mol. The van der Waals surface area contributed by atoms with Crippen LogP contribution in [0, 0.1) is 5.92 Å². The van der Waals surface area contributed by atoms with Gasteiger partial charge in [0, 0.05) is 23.5 Å². The number of hydrogen-bond donors (Lipinski definition) is 4. The lowest BCUT2D eigenvalue weighted by molar-refractivity contribution is 0.0103. The standard InChI is InChI=1S/C7H14N4O3/c8-4-3(1-2-12)6(13)7(14)5(4)10-11-9/h3-7,12-14H,1-2,8H2/t3-,4-,5+,6-,7-/m1/s1. The second-order valence-electron chi connectivity index (χ2n) is 3.43. The molecule has 7 heteroatoms. The fourth-order valence-electron chi connectivity index (χ4n) is 1.88. The van der Waals surface area contributed by atoms with Crippen LogP contribution in [0.2, 0.25) is 0 Å². The predicted octanol–water partition coefficient (Wildman–Crippen LogP) is -1.27. The first-order valence-electron chi connectivity index (χ1n) is 4.40. The first-order chi connectivity index (χ1) is 6.63. The number of nitrogens with two attached hydrogens (primary N) is 1. The Labute approximate surface area is 80.8 Å². The Morgan fingerprint density at radius 2 is 2.00 bits per heavy atom. The van der Waals surface area contributed by atoms with E-state index in [2.05, 4.69) is 10.0 Å². The van der Waals surface area contributed by atoms with Crippen LogP contribution in [0.1, 0.15) is 6.42 Å². The molecule has 1 aliphatic rings. The van der Waals surface area contributed by atoms with E-state index in [4.69, 9.17) is 16.4 Å². The molecule has 7 nitrogen and oxygen atoms in total. The van der Waals surface area contributed by atoms with Gasteiger partial charge in [-0.1, -0.05) is 5.11 Å². The van der Waals surface area contributed by atoms with Crippen molar-refractivity contribution in [3.63, 3.8) is 0 Å². The SMILES string of the molecule is [N-]=[N+]=N[C@H]1[C@H](N)[C@@H](CCO)[C@@H](O)[C@@H]1O. The van der Waals surface area contributed by atoms with Crippen molar-refractivity contribution in [3.05, 3.63) is 10.4 Å². The highest BCUT2D eigenvalue weighted by Crippen LogP contribution is 2.30. The molecule has 1 rings (SSSR count). The smallest absolute Gasteiger partial charge is 0.0902 e. The maximum absolute atomic E-state index is 9.53. The van der Waals surface area contributed by atoms with Crippen LogP contribution in [0.25, 0.3) is 10.4 Å². The Morgan fingerprint density at radius 1 is 1.36 bits per heavy atom. The van der Waals surface area contributed by atoms with E-state index >= 15 is 0 Å². The van der Waals surface area contributed by atoms with Gasteiger partial charge >= 0.3 is 0 Å². The van der Waals surface area contributed by atoms with E-state index in [1.54, 1.807) is 0 Å². The molecule has 0 aliphatic heterocycles. The summed E-state index contributed by atoms with van der Waals surface area (Å²) in [4.78, 5) is 2.56. The van der Waals surface area contributed by atoms with E-state index in [9.17, 15) is 10.2 Å². The lowest BCUT2D eigenvalue weighted by atomic mass is 9.98. The van der Waals surface area contributed by atoms with E-state index in [0.29, 0.717) is 0 Å². The van der Waals surface area contributed by atoms with Gasteiger partial charge in [0.2, 0.25) is 0 Å². The molecule has 5 N–H and O–H groups in total. The van der Waals surface area contributed by atoms with Crippen LogP contribution in [-0.2, 0) is 0 Å². The maximum Gasteiger partial charge on any atom is 0.0902 e. The molecule has 1 fully saturated rings. The van der Waals surface area contributed by atoms with Crippen molar-refractivity contribution in [2.75, 3.05) is 6.61 Å². The van der Waals surface area contributed by atoms with Crippen molar-refractivity contribution in [2.24, 2.45) is 16.8 Å². The molecule has 0 radical (unpaired) electrons. The lowest BCUT2D eigenvalue weighted by Crippen LogP contribution is -2.37. The summed E-state index contributed by atoms with van der Waals surface area (Å²) in [6.45, 7) is -0.120. The minimum absolute atomic E-state index is 0.120. The zero-order valence-corrected chi connectivity index (χ0v) is 7.56. The third-order valence-corrected chi connectivity index (χ3v) is 2.67. The molecule has 5 atom stereocenters. The maximum atomic E-state index is 9.53. The van der Waals surface area contributed by atoms with E-state index < -0.39 is 30.2 Å². The Balaban J connectivity index is 2.78. The number of azide groups is 1. The van der Waals surface area contributed by atoms with Gasteiger partial charge in [-0.25, -0.2) is 0 Å². The number of aliphatic hydroxyl groups is 3. The molecule has 0 aromatic carbocycles. The quantitative estimate of drug-likeness (QED) is 0.257. The van der Waals surface area contributed by atoms with Crippen LogP contribution in [0.3, 0.4) is 0 Å². The summed E-state index contributed by atoms with van der Waals surface area (Å²) in [5.41, 5.74) is 13.9. The molecular formula is C7H14N4O3. The molecule has 0 spiro atoms. The third-order valence-electron chi connectivity index (χ3n) is 2.67. The summed E-state index contributed by atoms with van der Waals surface area (Å²) in [5, 5.41) is 31.1. The minimum atomic E-state index is -1.14. The molecule has 0 saturated heterocycles. The molecule has 1 saturated carbocycles. The van der Waals surface area contributed by atoms with Crippen LogP contribution < -0.4 is 5.73 Å². The number of rotatable bonds is 3. The summed E-state index contributed by atoms with van der Waals surface area (Å²) in [5.74, 6) is -0.425. The minimum Gasteiger partial charge on any atom is -0.396 e. The molecule has 80 valence electrons. The van der Waals surface area contributed by atoms with Crippen LogP contribution in [-0.4, -0.2) is 46.2 Å². The van der Waals surface area contributed by atoms with Gasteiger partial charge in [0.05, 0.1) is 18.2 Å². The highest BCUT2D eigenvalue weighted by atomic mass is 16.3. The number of aliphatic hydroxyl groups excluding tert-OH is 3. The normalized spacial score (nSPS) is 42.1. The summed E-state index contributed by atoms with van der Waals surface area (Å²) >= 11 is 0. The first-order valence-corrected chi connectivity index (χ1v) is 4.40. The summed E-state index contributed by atoms with van der Waals surface area (Å²) in [6.07, 6.45) is -1.89. The Hall–Kier alpha value is -0.850. The molecule has 0 bridgehead atoms. The van der Waals surface area contributed by atoms with Crippen LogP contribution in [0.15, 0.2) is 5.11 Å². The zero-order valence-electron chi connectivity index (χ0n) is 7.56. The van der Waals surface area contributed by atoms with Gasteiger partial charge in [-0.2, -0.15) is 0 Å². The number of hydrogen-bond acceptors (Lipinski definition) is 5. The van der Waals surface area contributed by atoms with Gasteiger partial charge < -0.3 is 21.1 Å². The molecule has 0 aromatic heterocycles. The monoisotopic (exact) mass is 202 g/mol. The van der Waals surface area contributed by atoms with Gasteiger partial charge in [-0.05, 0) is 12.0 Å². The highest BCUT2D eigenvalue weighted by Gasteiger charge is 2.46. The van der Waals surface area contributed by atoms with E-state index in [1.807, 2.05) is 0 Å². The van der Waals surface area contributed by atoms with Gasteiger partial charge in [-0.15, -0.1) is 0 Å². The molecule has 0 aromatic rings. The molecular weight excluding hydrogens is 188 g/mol. The van der Waals surface area contributed by atoms with Crippen molar-refractivity contribution in [2.45, 2.75) is 30.7 Å². The van der Waals surface area contributed by atoms with Crippen LogP contribution in [0.5, 0.6) is 0 Å². The van der Waals surface area contributed by atoms with Crippen molar-refractivity contribution >= 4 is 0 Å². The van der Waals surface area contributed by atoms with Crippen molar-refractivity contribution in [1.29, 1.82) is 0 Å². The Morgan fingerprint density at radius 3 is 2.50 bits per heavy atom. The van der Waals surface area contributed by atoms with E-state index in [1.165, 1.54) is 0 Å². The average Bonchev–Trinajstić information content (AvgIpc) is 2.36. The molecule has 14 heavy (non-hydrogen) atoms. The van der Waals surface area contributed by atoms with Crippen molar-refractivity contribution in [3.8, 4) is 0 Å². The largest absolute Gasteiger partial charge is 0.396 e. The molecule has 1 aliphatic carbocycles. The second-order valence-corrected chi connectivity index (χ2v) is 3.43. The fourth-order valence-corrected chi connectivity index (χ4v) is 1.88. The Bertz CT molecular complexity index is 243. The number of nitrogens with zero attached hydrogens (tertiary/aromatic N) is 3. The van der Waals surface area contributed by atoms with Crippen molar-refractivity contribution < 1.29 is 15.3 Å². The van der Waals surface area contributed by atoms with Crippen LogP contribution in [0.4, 0.5) is 0 Å². The van der Waals surface area contributed by atoms with E-state index in [-0.39, 0.29) is 13.0 Å². The zero-order chi connectivity index (χ0) is 10.7. The average molecular weight is 202 g/mol. The second kappa shape index (κ2) is 4.59. The first kappa shape index (κ1) is 11.2.